The minimum absolute atomic E-state index is 0.379. The predicted molar refractivity (Wildman–Crippen MR) is 65.9 cm³/mol. The molecule has 2 heterocycles. The number of nitrogens with two attached hydrogens (primary N) is 1. The van der Waals surface area contributed by atoms with E-state index in [1.807, 2.05) is 5.38 Å². The van der Waals surface area contributed by atoms with Crippen LogP contribution in [0.3, 0.4) is 0 Å². The maximum atomic E-state index is 5.68. The molecule has 0 radical (unpaired) electrons. The van der Waals surface area contributed by atoms with Gasteiger partial charge in [0.05, 0.1) is 5.69 Å². The second-order valence-corrected chi connectivity index (χ2v) is 4.51. The van der Waals surface area contributed by atoms with Gasteiger partial charge in [0.1, 0.15) is 0 Å². The van der Waals surface area contributed by atoms with Crippen molar-refractivity contribution in [3.05, 3.63) is 23.5 Å². The molecule has 0 saturated carbocycles. The Balaban J connectivity index is 2.18. The Labute approximate surface area is 97.8 Å². The quantitative estimate of drug-likeness (QED) is 0.854. The van der Waals surface area contributed by atoms with Crippen molar-refractivity contribution in [1.82, 2.24) is 15.0 Å². The van der Waals surface area contributed by atoms with Gasteiger partial charge in [-0.15, -0.1) is 11.3 Å². The molecule has 0 atom stereocenters. The van der Waals surface area contributed by atoms with Crippen molar-refractivity contribution in [2.45, 2.75) is 19.8 Å². The summed E-state index contributed by atoms with van der Waals surface area (Å²) in [5, 5.41) is 5.87. The zero-order valence-corrected chi connectivity index (χ0v) is 9.95. The van der Waals surface area contributed by atoms with Crippen LogP contribution in [0.2, 0.25) is 0 Å². The fourth-order valence-corrected chi connectivity index (χ4v) is 2.03. The van der Waals surface area contributed by atoms with Crippen molar-refractivity contribution < 1.29 is 0 Å². The van der Waals surface area contributed by atoms with Gasteiger partial charge >= 0.3 is 0 Å². The third-order valence-corrected chi connectivity index (χ3v) is 2.84. The van der Waals surface area contributed by atoms with Gasteiger partial charge in [0, 0.05) is 17.8 Å². The lowest BCUT2D eigenvalue weighted by Gasteiger charge is -2.03. The first-order valence-corrected chi connectivity index (χ1v) is 5.83. The largest absolute Gasteiger partial charge is 0.381 e. The van der Waals surface area contributed by atoms with E-state index in [4.69, 9.17) is 5.73 Å². The van der Waals surface area contributed by atoms with Crippen LogP contribution < -0.4 is 11.1 Å². The molecule has 3 N–H and O–H groups in total. The molecule has 0 saturated heterocycles. The predicted octanol–water partition coefficient (Wildman–Crippen LogP) is 2.38. The number of aromatic nitrogens is 3. The molecule has 16 heavy (non-hydrogen) atoms. The summed E-state index contributed by atoms with van der Waals surface area (Å²) in [6.45, 7) is 4.21. The molecule has 0 aliphatic rings. The number of thiazole rings is 1. The Kier molecular flexibility index (Phi) is 3.00. The van der Waals surface area contributed by atoms with Crippen LogP contribution in [-0.4, -0.2) is 15.0 Å². The number of nitrogen functional groups attached to an aromatic ring is 1. The molecule has 0 bridgehead atoms. The first-order chi connectivity index (χ1) is 7.66. The highest BCUT2D eigenvalue weighted by Gasteiger charge is 2.07. The second-order valence-electron chi connectivity index (χ2n) is 3.65. The Morgan fingerprint density at radius 3 is 2.69 bits per heavy atom. The van der Waals surface area contributed by atoms with Crippen molar-refractivity contribution in [2.24, 2.45) is 0 Å². The highest BCUT2D eigenvalue weighted by molar-refractivity contribution is 7.13. The van der Waals surface area contributed by atoms with Gasteiger partial charge in [-0.1, -0.05) is 13.8 Å². The van der Waals surface area contributed by atoms with Gasteiger partial charge in [-0.05, 0) is 5.92 Å². The zero-order chi connectivity index (χ0) is 11.5. The van der Waals surface area contributed by atoms with Crippen molar-refractivity contribution in [1.29, 1.82) is 0 Å². The fourth-order valence-electron chi connectivity index (χ4n) is 1.16. The molecule has 6 heteroatoms. The van der Waals surface area contributed by atoms with Crippen LogP contribution in [-0.2, 0) is 0 Å². The van der Waals surface area contributed by atoms with E-state index >= 15 is 0 Å². The minimum atomic E-state index is 0.379. The maximum Gasteiger partial charge on any atom is 0.188 e. The van der Waals surface area contributed by atoms with Gasteiger partial charge in [-0.2, -0.15) is 0 Å². The lowest BCUT2D eigenvalue weighted by molar-refractivity contribution is 0.834. The molecule has 0 fully saturated rings. The van der Waals surface area contributed by atoms with Gasteiger partial charge in [0.25, 0.3) is 0 Å². The molecule has 0 aliphatic heterocycles. The monoisotopic (exact) mass is 235 g/mol. The Morgan fingerprint density at radius 2 is 2.06 bits per heavy atom. The van der Waals surface area contributed by atoms with Crippen molar-refractivity contribution in [3.8, 4) is 0 Å². The normalized spacial score (nSPS) is 10.7. The molecule has 0 unspecified atom stereocenters. The van der Waals surface area contributed by atoms with Gasteiger partial charge in [-0.3, -0.25) is 0 Å². The van der Waals surface area contributed by atoms with Crippen LogP contribution in [0.15, 0.2) is 17.8 Å². The number of nitrogens with zero attached hydrogens (tertiary/aromatic N) is 3. The number of nitrogens with one attached hydrogen (secondary N) is 1. The third-order valence-electron chi connectivity index (χ3n) is 2.07. The summed E-state index contributed by atoms with van der Waals surface area (Å²) in [5.41, 5.74) is 6.74. The summed E-state index contributed by atoms with van der Waals surface area (Å²) < 4.78 is 0. The summed E-state index contributed by atoms with van der Waals surface area (Å²) in [6.07, 6.45) is 3.15. The van der Waals surface area contributed by atoms with Crippen molar-refractivity contribution >= 4 is 28.1 Å². The molecule has 0 amide bonds. The molecule has 5 nitrogen and oxygen atoms in total. The molecule has 0 spiro atoms. The average Bonchev–Trinajstić information content (AvgIpc) is 2.70. The number of anilines is 3. The number of hydrogen-bond acceptors (Lipinski definition) is 6. The summed E-state index contributed by atoms with van der Waals surface area (Å²) >= 11 is 1.54. The first-order valence-electron chi connectivity index (χ1n) is 4.95. The molecular formula is C10H13N5S. The molecule has 0 aromatic carbocycles. The Bertz CT molecular complexity index is 480. The van der Waals surface area contributed by atoms with E-state index in [2.05, 4.69) is 34.1 Å². The van der Waals surface area contributed by atoms with Crippen LogP contribution in [0.25, 0.3) is 0 Å². The summed E-state index contributed by atoms with van der Waals surface area (Å²) in [6, 6.07) is 0. The second kappa shape index (κ2) is 4.44. The standard InChI is InChI=1S/C10H13N5S/c1-6(2)7-5-16-10(14-7)15-9-8(11)12-3-4-13-9/h3-6H,1-2H3,(H2,11,12)(H,13,14,15). The molecule has 2 aromatic heterocycles. The van der Waals surface area contributed by atoms with E-state index in [0.29, 0.717) is 17.6 Å². The van der Waals surface area contributed by atoms with E-state index in [-0.39, 0.29) is 0 Å². The van der Waals surface area contributed by atoms with E-state index in [0.717, 1.165) is 10.8 Å². The van der Waals surface area contributed by atoms with Gasteiger partial charge in [0.15, 0.2) is 16.8 Å². The lowest BCUT2D eigenvalue weighted by Crippen LogP contribution is -2.00. The van der Waals surface area contributed by atoms with Crippen LogP contribution in [0, 0.1) is 0 Å². The van der Waals surface area contributed by atoms with Crippen LogP contribution >= 0.6 is 11.3 Å². The van der Waals surface area contributed by atoms with Crippen LogP contribution in [0.5, 0.6) is 0 Å². The van der Waals surface area contributed by atoms with E-state index in [9.17, 15) is 0 Å². The van der Waals surface area contributed by atoms with E-state index < -0.39 is 0 Å². The van der Waals surface area contributed by atoms with Crippen molar-refractivity contribution in [2.75, 3.05) is 11.1 Å². The highest BCUT2D eigenvalue weighted by atomic mass is 32.1. The fraction of sp³-hybridized carbons (Fsp3) is 0.300. The minimum Gasteiger partial charge on any atom is -0.381 e. The number of rotatable bonds is 3. The van der Waals surface area contributed by atoms with E-state index in [1.165, 1.54) is 11.3 Å². The van der Waals surface area contributed by atoms with Crippen LogP contribution in [0.1, 0.15) is 25.5 Å². The summed E-state index contributed by atoms with van der Waals surface area (Å²) in [7, 11) is 0. The Hall–Kier alpha value is -1.69. The zero-order valence-electron chi connectivity index (χ0n) is 9.14. The smallest absolute Gasteiger partial charge is 0.188 e. The summed E-state index contributed by atoms with van der Waals surface area (Å²) in [4.78, 5) is 12.5. The molecular weight excluding hydrogens is 222 g/mol. The summed E-state index contributed by atoms with van der Waals surface area (Å²) in [5.74, 6) is 1.35. The van der Waals surface area contributed by atoms with Gasteiger partial charge in [-0.25, -0.2) is 15.0 Å². The third kappa shape index (κ3) is 2.27. The molecule has 0 aliphatic carbocycles. The van der Waals surface area contributed by atoms with Gasteiger partial charge in [0.2, 0.25) is 0 Å². The Morgan fingerprint density at radius 1 is 1.31 bits per heavy atom. The van der Waals surface area contributed by atoms with Crippen LogP contribution in [0.4, 0.5) is 16.8 Å². The van der Waals surface area contributed by atoms with Gasteiger partial charge < -0.3 is 11.1 Å². The SMILES string of the molecule is CC(C)c1csc(Nc2nccnc2N)n1. The lowest BCUT2D eigenvalue weighted by atomic mass is 10.2. The molecule has 2 aromatic rings. The van der Waals surface area contributed by atoms with E-state index in [1.54, 1.807) is 12.4 Å². The average molecular weight is 235 g/mol. The molecule has 84 valence electrons. The van der Waals surface area contributed by atoms with Crippen molar-refractivity contribution in [3.63, 3.8) is 0 Å². The first kappa shape index (κ1) is 10.8. The number of hydrogen-bond donors (Lipinski definition) is 2. The highest BCUT2D eigenvalue weighted by Crippen LogP contribution is 2.25. The molecule has 2 rings (SSSR count). The topological polar surface area (TPSA) is 76.7 Å². The maximum absolute atomic E-state index is 5.68.